The molecule has 0 radical (unpaired) electrons. The molecule has 0 bridgehead atoms. The highest BCUT2D eigenvalue weighted by Gasteiger charge is 2.41. The topological polar surface area (TPSA) is 83.0 Å². The van der Waals surface area contributed by atoms with Gasteiger partial charge in [0.15, 0.2) is 11.0 Å². The summed E-state index contributed by atoms with van der Waals surface area (Å²) in [6, 6.07) is -0.179. The van der Waals surface area contributed by atoms with Gasteiger partial charge in [-0.05, 0) is 24.4 Å². The number of pyridine rings is 1. The van der Waals surface area contributed by atoms with Crippen LogP contribution in [0.15, 0.2) is 6.20 Å². The number of hydrogen-bond acceptors (Lipinski definition) is 5. The number of carbonyl (C=O) groups excluding carboxylic acids is 1. The van der Waals surface area contributed by atoms with E-state index >= 15 is 0 Å². The molecule has 1 spiro atoms. The highest BCUT2D eigenvalue weighted by atomic mass is 35.5. The van der Waals surface area contributed by atoms with Gasteiger partial charge in [0.25, 0.3) is 0 Å². The van der Waals surface area contributed by atoms with Gasteiger partial charge < -0.3 is 15.5 Å². The van der Waals surface area contributed by atoms with Crippen LogP contribution in [0, 0.1) is 5.82 Å². The Morgan fingerprint density at radius 1 is 1.33 bits per heavy atom. The number of aromatic nitrogens is 3. The second kappa shape index (κ2) is 5.56. The molecule has 126 valence electrons. The van der Waals surface area contributed by atoms with Crippen LogP contribution < -0.4 is 15.5 Å². The Labute approximate surface area is 146 Å². The number of carbonyl (C=O) groups is 1. The minimum atomic E-state index is -0.720. The van der Waals surface area contributed by atoms with Crippen molar-refractivity contribution in [3.8, 4) is 0 Å². The highest BCUT2D eigenvalue weighted by Crippen LogP contribution is 2.33. The van der Waals surface area contributed by atoms with E-state index in [1.807, 2.05) is 4.90 Å². The maximum Gasteiger partial charge on any atom is 0.315 e. The molecule has 2 aliphatic rings. The fourth-order valence-electron chi connectivity index (χ4n) is 3.37. The van der Waals surface area contributed by atoms with Crippen LogP contribution in [0.25, 0.3) is 10.9 Å². The van der Waals surface area contributed by atoms with Gasteiger partial charge >= 0.3 is 6.03 Å². The summed E-state index contributed by atoms with van der Waals surface area (Å²) < 4.78 is 14.2. The van der Waals surface area contributed by atoms with Crippen LogP contribution in [0.1, 0.15) is 12.8 Å². The molecule has 7 nitrogen and oxygen atoms in total. The number of hydrogen-bond donors (Lipinski definition) is 2. The lowest BCUT2D eigenvalue weighted by Crippen LogP contribution is -2.56. The Morgan fingerprint density at radius 3 is 2.92 bits per heavy atom. The molecule has 2 aliphatic heterocycles. The van der Waals surface area contributed by atoms with Crippen LogP contribution in [-0.2, 0) is 0 Å². The number of rotatable bonds is 1. The summed E-state index contributed by atoms with van der Waals surface area (Å²) in [6.45, 7) is 1.79. The SMILES string of the molecule is O=C1NCC2(CCCN(c3nc(Cl)nc4c(F)c(Cl)ncc34)C2)N1. The van der Waals surface area contributed by atoms with E-state index in [2.05, 4.69) is 25.6 Å². The maximum atomic E-state index is 14.2. The average molecular weight is 371 g/mol. The van der Waals surface area contributed by atoms with Crippen molar-refractivity contribution in [2.75, 3.05) is 24.5 Å². The van der Waals surface area contributed by atoms with E-state index in [1.165, 1.54) is 6.20 Å². The summed E-state index contributed by atoms with van der Waals surface area (Å²) >= 11 is 11.7. The zero-order valence-corrected chi connectivity index (χ0v) is 14.0. The van der Waals surface area contributed by atoms with Gasteiger partial charge in [-0.3, -0.25) is 0 Å². The standard InChI is InChI=1S/C14H13Cl2FN6O/c15-10-8(17)9-7(4-18-10)11(21-12(16)20-9)23-3-1-2-14(6-23)5-19-13(24)22-14/h4H,1-3,5-6H2,(H2,19,22,24). The number of anilines is 1. The van der Waals surface area contributed by atoms with Crippen molar-refractivity contribution in [2.24, 2.45) is 0 Å². The third kappa shape index (κ3) is 2.50. The van der Waals surface area contributed by atoms with E-state index in [0.29, 0.717) is 30.8 Å². The molecule has 2 aromatic rings. The number of fused-ring (bicyclic) bond motifs is 1. The number of halogens is 3. The molecule has 0 aromatic carbocycles. The van der Waals surface area contributed by atoms with E-state index in [-0.39, 0.29) is 27.5 Å². The maximum absolute atomic E-state index is 14.2. The molecule has 2 fully saturated rings. The number of amides is 2. The lowest BCUT2D eigenvalue weighted by Gasteiger charge is -2.40. The summed E-state index contributed by atoms with van der Waals surface area (Å²) in [5.74, 6) is -0.226. The fourth-order valence-corrected chi connectivity index (χ4v) is 3.67. The fraction of sp³-hybridized carbons (Fsp3) is 0.429. The van der Waals surface area contributed by atoms with Gasteiger partial charge in [0.2, 0.25) is 5.28 Å². The van der Waals surface area contributed by atoms with E-state index in [4.69, 9.17) is 23.2 Å². The minimum absolute atomic E-state index is 0.0400. The molecule has 2 aromatic heterocycles. The number of nitrogens with zero attached hydrogens (tertiary/aromatic N) is 4. The Morgan fingerprint density at radius 2 is 2.17 bits per heavy atom. The number of piperidine rings is 1. The molecule has 2 amide bonds. The zero-order valence-electron chi connectivity index (χ0n) is 12.4. The normalized spacial score (nSPS) is 23.6. The Bertz CT molecular complexity index is 850. The van der Waals surface area contributed by atoms with E-state index in [1.54, 1.807) is 0 Å². The Hall–Kier alpha value is -1.93. The summed E-state index contributed by atoms with van der Waals surface area (Å²) in [6.07, 6.45) is 3.16. The molecule has 2 saturated heterocycles. The van der Waals surface area contributed by atoms with Gasteiger partial charge in [-0.25, -0.2) is 19.2 Å². The van der Waals surface area contributed by atoms with Gasteiger partial charge in [0, 0.05) is 25.8 Å². The third-order valence-electron chi connectivity index (χ3n) is 4.44. The van der Waals surface area contributed by atoms with Crippen LogP contribution in [0.3, 0.4) is 0 Å². The van der Waals surface area contributed by atoms with Crippen molar-refractivity contribution in [1.82, 2.24) is 25.6 Å². The lowest BCUT2D eigenvalue weighted by molar-refractivity contribution is 0.241. The van der Waals surface area contributed by atoms with Gasteiger partial charge in [0.1, 0.15) is 11.3 Å². The molecule has 0 aliphatic carbocycles. The molecule has 4 heterocycles. The minimum Gasteiger partial charge on any atom is -0.353 e. The van der Waals surface area contributed by atoms with Crippen molar-refractivity contribution in [1.29, 1.82) is 0 Å². The number of nitrogens with one attached hydrogen (secondary N) is 2. The quantitative estimate of drug-likeness (QED) is 0.593. The first-order chi connectivity index (χ1) is 11.5. The zero-order chi connectivity index (χ0) is 16.9. The first-order valence-electron chi connectivity index (χ1n) is 7.46. The van der Waals surface area contributed by atoms with Crippen molar-refractivity contribution in [2.45, 2.75) is 18.4 Å². The van der Waals surface area contributed by atoms with Crippen LogP contribution in [-0.4, -0.2) is 46.2 Å². The monoisotopic (exact) mass is 370 g/mol. The second-order valence-corrected chi connectivity index (χ2v) is 6.75. The second-order valence-electron chi connectivity index (χ2n) is 6.05. The first kappa shape index (κ1) is 15.6. The van der Waals surface area contributed by atoms with Crippen LogP contribution in [0.5, 0.6) is 0 Å². The summed E-state index contributed by atoms with van der Waals surface area (Å²) in [5, 5.41) is 5.88. The average Bonchev–Trinajstić information content (AvgIpc) is 2.91. The molecule has 1 atom stereocenters. The highest BCUT2D eigenvalue weighted by molar-refractivity contribution is 6.30. The van der Waals surface area contributed by atoms with Crippen molar-refractivity contribution < 1.29 is 9.18 Å². The van der Waals surface area contributed by atoms with Crippen LogP contribution >= 0.6 is 23.2 Å². The van der Waals surface area contributed by atoms with E-state index in [9.17, 15) is 9.18 Å². The van der Waals surface area contributed by atoms with E-state index in [0.717, 1.165) is 12.8 Å². The lowest BCUT2D eigenvalue weighted by atomic mass is 9.90. The molecular weight excluding hydrogens is 358 g/mol. The molecule has 0 saturated carbocycles. The molecular formula is C14H13Cl2FN6O. The van der Waals surface area contributed by atoms with Crippen LogP contribution in [0.4, 0.5) is 15.0 Å². The molecule has 2 N–H and O–H groups in total. The Kier molecular flexibility index (Phi) is 3.61. The smallest absolute Gasteiger partial charge is 0.315 e. The van der Waals surface area contributed by atoms with Gasteiger partial charge in [-0.1, -0.05) is 11.6 Å². The predicted molar refractivity (Wildman–Crippen MR) is 88.0 cm³/mol. The van der Waals surface area contributed by atoms with Crippen molar-refractivity contribution in [3.63, 3.8) is 0 Å². The number of urea groups is 1. The summed E-state index contributed by atoms with van der Waals surface area (Å²) in [5.41, 5.74) is -0.324. The molecule has 24 heavy (non-hydrogen) atoms. The van der Waals surface area contributed by atoms with Gasteiger partial charge in [0.05, 0.1) is 10.9 Å². The largest absolute Gasteiger partial charge is 0.353 e. The van der Waals surface area contributed by atoms with Gasteiger partial charge in [-0.15, -0.1) is 0 Å². The first-order valence-corrected chi connectivity index (χ1v) is 8.21. The molecule has 1 unspecified atom stereocenters. The van der Waals surface area contributed by atoms with Crippen molar-refractivity contribution in [3.05, 3.63) is 22.5 Å². The Balaban J connectivity index is 1.78. The molecule has 10 heteroatoms. The predicted octanol–water partition coefficient (Wildman–Crippen LogP) is 2.12. The van der Waals surface area contributed by atoms with E-state index < -0.39 is 5.82 Å². The van der Waals surface area contributed by atoms with Crippen LogP contribution in [0.2, 0.25) is 10.4 Å². The van der Waals surface area contributed by atoms with Crippen molar-refractivity contribution >= 4 is 46.0 Å². The third-order valence-corrected chi connectivity index (χ3v) is 4.87. The molecule has 4 rings (SSSR count). The summed E-state index contributed by atoms with van der Waals surface area (Å²) in [4.78, 5) is 25.6. The van der Waals surface area contributed by atoms with Gasteiger partial charge in [-0.2, -0.15) is 4.98 Å². The summed E-state index contributed by atoms with van der Waals surface area (Å²) in [7, 11) is 0.